The molecule has 8 heteroatoms. The fourth-order valence-electron chi connectivity index (χ4n) is 4.49. The van der Waals surface area contributed by atoms with E-state index in [2.05, 4.69) is 5.32 Å². The molecule has 4 nitrogen and oxygen atoms in total. The third kappa shape index (κ3) is 5.94. The minimum absolute atomic E-state index is 0.00872. The highest BCUT2D eigenvalue weighted by molar-refractivity contribution is 6.30. The Hall–Kier alpha value is -4.23. The largest absolute Gasteiger partial charge is 0.459 e. The normalized spacial score (nSPS) is 11.1. The van der Waals surface area contributed by atoms with Crippen LogP contribution in [0.3, 0.4) is 0 Å². The zero-order valence-corrected chi connectivity index (χ0v) is 21.7. The van der Waals surface area contributed by atoms with Gasteiger partial charge in [0.25, 0.3) is 0 Å². The molecule has 39 heavy (non-hydrogen) atoms. The molecule has 198 valence electrons. The van der Waals surface area contributed by atoms with Gasteiger partial charge in [-0.15, -0.1) is 0 Å². The summed E-state index contributed by atoms with van der Waals surface area (Å²) in [6, 6.07) is 22.9. The SMILES string of the molecule is Cc1ccc2oc(CN(CCc3ccccc3)C(=O)Nc3c(F)cc(F)cc3F)c(-c3ccc(Cl)cc3)c2c1. The Bertz CT molecular complexity index is 1610. The summed E-state index contributed by atoms with van der Waals surface area (Å²) < 4.78 is 48.4. The van der Waals surface area contributed by atoms with Gasteiger partial charge < -0.3 is 14.6 Å². The number of aryl methyl sites for hydroxylation is 1. The Morgan fingerprint density at radius 2 is 1.62 bits per heavy atom. The fraction of sp³-hybridized carbons (Fsp3) is 0.129. The van der Waals surface area contributed by atoms with Crippen molar-refractivity contribution >= 4 is 34.3 Å². The van der Waals surface area contributed by atoms with Crippen molar-refractivity contribution in [1.29, 1.82) is 0 Å². The van der Waals surface area contributed by atoms with Gasteiger partial charge in [-0.25, -0.2) is 18.0 Å². The molecule has 5 rings (SSSR count). The minimum atomic E-state index is -1.20. The second kappa shape index (κ2) is 11.3. The van der Waals surface area contributed by atoms with Crippen LogP contribution in [0.25, 0.3) is 22.1 Å². The van der Waals surface area contributed by atoms with Crippen molar-refractivity contribution in [2.24, 2.45) is 0 Å². The van der Waals surface area contributed by atoms with Crippen LogP contribution >= 0.6 is 11.6 Å². The molecule has 0 fully saturated rings. The van der Waals surface area contributed by atoms with Gasteiger partial charge in [-0.3, -0.25) is 0 Å². The highest BCUT2D eigenvalue weighted by atomic mass is 35.5. The van der Waals surface area contributed by atoms with E-state index in [1.54, 1.807) is 12.1 Å². The number of nitrogens with one attached hydrogen (secondary N) is 1. The van der Waals surface area contributed by atoms with Gasteiger partial charge in [0.05, 0.1) is 6.54 Å². The summed E-state index contributed by atoms with van der Waals surface area (Å²) in [5.41, 5.74) is 3.57. The van der Waals surface area contributed by atoms with Crippen LogP contribution < -0.4 is 5.32 Å². The van der Waals surface area contributed by atoms with Crippen LogP contribution in [0.1, 0.15) is 16.9 Å². The van der Waals surface area contributed by atoms with E-state index in [4.69, 9.17) is 16.0 Å². The van der Waals surface area contributed by atoms with Crippen molar-refractivity contribution in [3.63, 3.8) is 0 Å². The quantitative estimate of drug-likeness (QED) is 0.221. The zero-order valence-electron chi connectivity index (χ0n) is 21.0. The first kappa shape index (κ1) is 26.4. The van der Waals surface area contributed by atoms with Crippen molar-refractivity contribution < 1.29 is 22.4 Å². The lowest BCUT2D eigenvalue weighted by molar-refractivity contribution is 0.205. The third-order valence-corrected chi connectivity index (χ3v) is 6.67. The molecule has 0 saturated carbocycles. The van der Waals surface area contributed by atoms with Gasteiger partial charge in [0.1, 0.15) is 22.8 Å². The monoisotopic (exact) mass is 548 g/mol. The first-order valence-corrected chi connectivity index (χ1v) is 12.7. The lowest BCUT2D eigenvalue weighted by atomic mass is 10.0. The number of amides is 2. The van der Waals surface area contributed by atoms with Crippen molar-refractivity contribution in [2.75, 3.05) is 11.9 Å². The number of benzene rings is 4. The number of hydrogen-bond donors (Lipinski definition) is 1. The van der Waals surface area contributed by atoms with E-state index in [1.165, 1.54) is 4.90 Å². The first-order chi connectivity index (χ1) is 18.8. The zero-order chi connectivity index (χ0) is 27.5. The van der Waals surface area contributed by atoms with Gasteiger partial charge in [0.15, 0.2) is 11.6 Å². The number of halogens is 4. The fourth-order valence-corrected chi connectivity index (χ4v) is 4.61. The van der Waals surface area contributed by atoms with Crippen molar-refractivity contribution in [1.82, 2.24) is 4.90 Å². The standard InChI is InChI=1S/C31H24ClF3N2O2/c1-19-7-12-27-24(15-19)29(21-8-10-22(32)11-9-21)28(39-27)18-37(14-13-20-5-3-2-4-6-20)31(38)36-30-25(34)16-23(33)17-26(30)35/h2-12,15-17H,13-14,18H2,1H3,(H,36,38). The molecule has 1 N–H and O–H groups in total. The molecule has 2 amide bonds. The third-order valence-electron chi connectivity index (χ3n) is 6.42. The predicted octanol–water partition coefficient (Wildman–Crippen LogP) is 8.76. The van der Waals surface area contributed by atoms with E-state index >= 15 is 0 Å². The molecule has 4 aromatic carbocycles. The summed E-state index contributed by atoms with van der Waals surface area (Å²) in [6.45, 7) is 2.20. The smallest absolute Gasteiger partial charge is 0.322 e. The lowest BCUT2D eigenvalue weighted by Gasteiger charge is -2.23. The van der Waals surface area contributed by atoms with Gasteiger partial charge in [-0.2, -0.15) is 0 Å². The van der Waals surface area contributed by atoms with Crippen molar-refractivity contribution in [2.45, 2.75) is 19.9 Å². The number of furan rings is 1. The van der Waals surface area contributed by atoms with E-state index < -0.39 is 29.2 Å². The number of nitrogens with zero attached hydrogens (tertiary/aromatic N) is 1. The Kier molecular flexibility index (Phi) is 7.61. The number of carbonyl (C=O) groups is 1. The number of fused-ring (bicyclic) bond motifs is 1. The van der Waals surface area contributed by atoms with Crippen LogP contribution in [-0.4, -0.2) is 17.5 Å². The van der Waals surface area contributed by atoms with Crippen LogP contribution in [0, 0.1) is 24.4 Å². The highest BCUT2D eigenvalue weighted by Crippen LogP contribution is 2.37. The number of carbonyl (C=O) groups excluding carboxylic acids is 1. The maximum Gasteiger partial charge on any atom is 0.322 e. The molecular weight excluding hydrogens is 525 g/mol. The second-order valence-electron chi connectivity index (χ2n) is 9.24. The van der Waals surface area contributed by atoms with E-state index in [1.807, 2.05) is 67.6 Å². The van der Waals surface area contributed by atoms with Gasteiger partial charge in [-0.05, 0) is 48.7 Å². The molecule has 0 aliphatic carbocycles. The van der Waals surface area contributed by atoms with Crippen molar-refractivity contribution in [3.05, 3.63) is 124 Å². The summed E-state index contributed by atoms with van der Waals surface area (Å²) in [5, 5.41) is 3.73. The molecule has 0 atom stereocenters. The molecule has 1 aromatic heterocycles. The molecule has 0 bridgehead atoms. The van der Waals surface area contributed by atoms with E-state index in [0.717, 1.165) is 27.6 Å². The maximum absolute atomic E-state index is 14.4. The minimum Gasteiger partial charge on any atom is -0.459 e. The number of rotatable bonds is 7. The van der Waals surface area contributed by atoms with Crippen LogP contribution in [0.5, 0.6) is 0 Å². The predicted molar refractivity (Wildman–Crippen MR) is 147 cm³/mol. The van der Waals surface area contributed by atoms with Crippen LogP contribution in [0.15, 0.2) is 89.3 Å². The van der Waals surface area contributed by atoms with Gasteiger partial charge >= 0.3 is 6.03 Å². The van der Waals surface area contributed by atoms with Gasteiger partial charge in [-0.1, -0.05) is 65.7 Å². The summed E-state index contributed by atoms with van der Waals surface area (Å²) in [5.74, 6) is -2.98. The van der Waals surface area contributed by atoms with Crippen LogP contribution in [0.2, 0.25) is 5.02 Å². The van der Waals surface area contributed by atoms with E-state index in [9.17, 15) is 18.0 Å². The second-order valence-corrected chi connectivity index (χ2v) is 9.67. The molecule has 1 heterocycles. The van der Waals surface area contributed by atoms with Crippen LogP contribution in [0.4, 0.5) is 23.7 Å². The van der Waals surface area contributed by atoms with Crippen molar-refractivity contribution in [3.8, 4) is 11.1 Å². The van der Waals surface area contributed by atoms with Crippen LogP contribution in [-0.2, 0) is 13.0 Å². The molecule has 0 unspecified atom stereocenters. The molecule has 0 aliphatic rings. The maximum atomic E-state index is 14.4. The summed E-state index contributed by atoms with van der Waals surface area (Å²) in [4.78, 5) is 14.8. The topological polar surface area (TPSA) is 45.5 Å². The number of hydrogen-bond acceptors (Lipinski definition) is 2. The van der Waals surface area contributed by atoms with Gasteiger partial charge in [0.2, 0.25) is 0 Å². The molecule has 0 spiro atoms. The Balaban J connectivity index is 1.53. The summed E-state index contributed by atoms with van der Waals surface area (Å²) >= 11 is 6.12. The molecule has 0 saturated heterocycles. The molecule has 5 aromatic rings. The summed E-state index contributed by atoms with van der Waals surface area (Å²) in [6.07, 6.45) is 0.484. The molecule has 0 radical (unpaired) electrons. The first-order valence-electron chi connectivity index (χ1n) is 12.3. The number of anilines is 1. The highest BCUT2D eigenvalue weighted by Gasteiger charge is 2.24. The summed E-state index contributed by atoms with van der Waals surface area (Å²) in [7, 11) is 0. The molecule has 0 aliphatic heterocycles. The Morgan fingerprint density at radius 3 is 2.31 bits per heavy atom. The van der Waals surface area contributed by atoms with Gasteiger partial charge in [0, 0.05) is 34.6 Å². The molecular formula is C31H24ClF3N2O2. The Labute approximate surface area is 228 Å². The lowest BCUT2D eigenvalue weighted by Crippen LogP contribution is -2.36. The Morgan fingerprint density at radius 1 is 0.923 bits per heavy atom. The average molecular weight is 549 g/mol. The number of urea groups is 1. The average Bonchev–Trinajstić information content (AvgIpc) is 3.26. The van der Waals surface area contributed by atoms with E-state index in [0.29, 0.717) is 34.9 Å². The van der Waals surface area contributed by atoms with E-state index in [-0.39, 0.29) is 13.1 Å².